The SMILES string of the molecule is C=CCN(CC=C)S(=O)(=O)N1CCCC(C(=O)O)C1. The molecule has 1 aliphatic rings. The van der Waals surface area contributed by atoms with Crippen LogP contribution >= 0.6 is 0 Å². The number of piperidine rings is 1. The first-order valence-corrected chi connectivity index (χ1v) is 7.53. The maximum absolute atomic E-state index is 12.4. The number of carboxylic acids is 1. The fourth-order valence-electron chi connectivity index (χ4n) is 2.07. The van der Waals surface area contributed by atoms with Gasteiger partial charge in [-0.15, -0.1) is 13.2 Å². The van der Waals surface area contributed by atoms with Crippen molar-refractivity contribution in [2.45, 2.75) is 12.8 Å². The van der Waals surface area contributed by atoms with E-state index in [2.05, 4.69) is 13.2 Å². The van der Waals surface area contributed by atoms with E-state index in [1.807, 2.05) is 0 Å². The molecule has 0 aliphatic carbocycles. The molecule has 108 valence electrons. The van der Waals surface area contributed by atoms with Gasteiger partial charge in [-0.05, 0) is 12.8 Å². The van der Waals surface area contributed by atoms with Crippen LogP contribution in [0.2, 0.25) is 0 Å². The van der Waals surface area contributed by atoms with Crippen LogP contribution < -0.4 is 0 Å². The molecule has 0 saturated carbocycles. The molecule has 7 heteroatoms. The van der Waals surface area contributed by atoms with E-state index in [0.717, 1.165) is 0 Å². The average molecular weight is 288 g/mol. The summed E-state index contributed by atoms with van der Waals surface area (Å²) >= 11 is 0. The molecule has 1 atom stereocenters. The summed E-state index contributed by atoms with van der Waals surface area (Å²) in [5.74, 6) is -1.57. The van der Waals surface area contributed by atoms with Gasteiger partial charge in [0.25, 0.3) is 10.2 Å². The van der Waals surface area contributed by atoms with Crippen LogP contribution in [0.25, 0.3) is 0 Å². The number of aliphatic carboxylic acids is 1. The average Bonchev–Trinajstić information content (AvgIpc) is 2.38. The Morgan fingerprint density at radius 1 is 1.37 bits per heavy atom. The van der Waals surface area contributed by atoms with E-state index in [1.54, 1.807) is 0 Å². The van der Waals surface area contributed by atoms with Gasteiger partial charge in [0.15, 0.2) is 0 Å². The Balaban J connectivity index is 2.87. The van der Waals surface area contributed by atoms with Crippen molar-refractivity contribution in [2.75, 3.05) is 26.2 Å². The summed E-state index contributed by atoms with van der Waals surface area (Å²) in [6.45, 7) is 7.82. The molecular weight excluding hydrogens is 268 g/mol. The largest absolute Gasteiger partial charge is 0.481 e. The van der Waals surface area contributed by atoms with E-state index in [0.29, 0.717) is 19.4 Å². The zero-order valence-electron chi connectivity index (χ0n) is 10.9. The smallest absolute Gasteiger partial charge is 0.307 e. The van der Waals surface area contributed by atoms with Crippen LogP contribution in [0, 0.1) is 5.92 Å². The lowest BCUT2D eigenvalue weighted by Crippen LogP contribution is -2.49. The first kappa shape index (κ1) is 15.9. The van der Waals surface area contributed by atoms with Crippen LogP contribution in [-0.2, 0) is 15.0 Å². The maximum Gasteiger partial charge on any atom is 0.307 e. The molecule has 1 fully saturated rings. The third kappa shape index (κ3) is 3.89. The standard InChI is InChI=1S/C12H20N2O4S/c1-3-7-13(8-4-2)19(17,18)14-9-5-6-11(10-14)12(15)16/h3-4,11H,1-2,5-10H2,(H,15,16). The van der Waals surface area contributed by atoms with Crippen LogP contribution in [0.4, 0.5) is 0 Å². The number of nitrogens with zero attached hydrogens (tertiary/aromatic N) is 2. The van der Waals surface area contributed by atoms with Gasteiger partial charge in [-0.1, -0.05) is 12.2 Å². The molecule has 6 nitrogen and oxygen atoms in total. The molecule has 1 unspecified atom stereocenters. The highest BCUT2D eigenvalue weighted by molar-refractivity contribution is 7.86. The van der Waals surface area contributed by atoms with Crippen LogP contribution in [0.15, 0.2) is 25.3 Å². The number of hydrogen-bond donors (Lipinski definition) is 1. The summed E-state index contributed by atoms with van der Waals surface area (Å²) in [4.78, 5) is 11.0. The molecule has 19 heavy (non-hydrogen) atoms. The predicted octanol–water partition coefficient (Wildman–Crippen LogP) is 0.702. The number of rotatable bonds is 7. The van der Waals surface area contributed by atoms with E-state index in [9.17, 15) is 13.2 Å². The molecule has 0 aromatic rings. The van der Waals surface area contributed by atoms with Crippen molar-refractivity contribution in [1.82, 2.24) is 8.61 Å². The maximum atomic E-state index is 12.4. The topological polar surface area (TPSA) is 77.9 Å². The molecule has 0 aromatic heterocycles. The Hall–Kier alpha value is -1.18. The summed E-state index contributed by atoms with van der Waals surface area (Å²) in [5, 5.41) is 9.00. The second-order valence-electron chi connectivity index (χ2n) is 4.44. The first-order chi connectivity index (χ1) is 8.93. The highest BCUT2D eigenvalue weighted by Crippen LogP contribution is 2.21. The molecule has 1 N–H and O–H groups in total. The van der Waals surface area contributed by atoms with Crippen LogP contribution in [0.3, 0.4) is 0 Å². The summed E-state index contributed by atoms with van der Waals surface area (Å²) in [6.07, 6.45) is 4.08. The Morgan fingerprint density at radius 3 is 2.42 bits per heavy atom. The molecule has 1 heterocycles. The predicted molar refractivity (Wildman–Crippen MR) is 72.8 cm³/mol. The third-order valence-electron chi connectivity index (χ3n) is 3.05. The monoisotopic (exact) mass is 288 g/mol. The van der Waals surface area contributed by atoms with Gasteiger partial charge in [0.05, 0.1) is 5.92 Å². The Kier molecular flexibility index (Phi) is 5.71. The third-order valence-corrected chi connectivity index (χ3v) is 4.99. The van der Waals surface area contributed by atoms with E-state index in [1.165, 1.54) is 20.8 Å². The summed E-state index contributed by atoms with van der Waals surface area (Å²) < 4.78 is 27.3. The van der Waals surface area contributed by atoms with Crippen molar-refractivity contribution < 1.29 is 18.3 Å². The molecule has 0 radical (unpaired) electrons. The quantitative estimate of drug-likeness (QED) is 0.700. The van der Waals surface area contributed by atoms with Gasteiger partial charge >= 0.3 is 5.97 Å². The molecular formula is C12H20N2O4S. The minimum atomic E-state index is -3.65. The van der Waals surface area contributed by atoms with Crippen molar-refractivity contribution in [1.29, 1.82) is 0 Å². The van der Waals surface area contributed by atoms with Crippen molar-refractivity contribution in [3.8, 4) is 0 Å². The molecule has 0 bridgehead atoms. The summed E-state index contributed by atoms with van der Waals surface area (Å²) in [5.41, 5.74) is 0. The van der Waals surface area contributed by atoms with Gasteiger partial charge in [0, 0.05) is 26.2 Å². The van der Waals surface area contributed by atoms with E-state index >= 15 is 0 Å². The first-order valence-electron chi connectivity index (χ1n) is 6.13. The number of carbonyl (C=O) groups is 1. The van der Waals surface area contributed by atoms with Gasteiger partial charge in [-0.2, -0.15) is 17.0 Å². The van der Waals surface area contributed by atoms with Gasteiger partial charge in [0.2, 0.25) is 0 Å². The molecule has 1 rings (SSSR count). The summed E-state index contributed by atoms with van der Waals surface area (Å²) in [7, 11) is -3.65. The van der Waals surface area contributed by atoms with E-state index < -0.39 is 22.1 Å². The highest BCUT2D eigenvalue weighted by Gasteiger charge is 2.35. The van der Waals surface area contributed by atoms with Crippen LogP contribution in [0.1, 0.15) is 12.8 Å². The zero-order chi connectivity index (χ0) is 14.5. The number of hydrogen-bond acceptors (Lipinski definition) is 3. The highest BCUT2D eigenvalue weighted by atomic mass is 32.2. The fourth-order valence-corrected chi connectivity index (χ4v) is 3.71. The van der Waals surface area contributed by atoms with Gasteiger partial charge in [-0.3, -0.25) is 4.79 Å². The van der Waals surface area contributed by atoms with Crippen molar-refractivity contribution >= 4 is 16.2 Å². The minimum absolute atomic E-state index is 0.0302. The van der Waals surface area contributed by atoms with Gasteiger partial charge in [-0.25, -0.2) is 0 Å². The second kappa shape index (κ2) is 6.83. The normalized spacial score (nSPS) is 21.2. The zero-order valence-corrected chi connectivity index (χ0v) is 11.7. The second-order valence-corrected chi connectivity index (χ2v) is 6.37. The van der Waals surface area contributed by atoms with Gasteiger partial charge in [0.1, 0.15) is 0 Å². The van der Waals surface area contributed by atoms with E-state index in [-0.39, 0.29) is 19.6 Å². The number of carboxylic acid groups (broad SMARTS) is 1. The summed E-state index contributed by atoms with van der Waals surface area (Å²) in [6, 6.07) is 0. The van der Waals surface area contributed by atoms with Crippen molar-refractivity contribution in [2.24, 2.45) is 5.92 Å². The molecule has 0 aromatic carbocycles. The Labute approximate surface area is 114 Å². The van der Waals surface area contributed by atoms with Crippen molar-refractivity contribution in [3.05, 3.63) is 25.3 Å². The lowest BCUT2D eigenvalue weighted by atomic mass is 10.0. The van der Waals surface area contributed by atoms with Crippen LogP contribution in [0.5, 0.6) is 0 Å². The molecule has 1 aliphatic heterocycles. The lowest BCUT2D eigenvalue weighted by Gasteiger charge is -2.33. The van der Waals surface area contributed by atoms with Gasteiger partial charge < -0.3 is 5.11 Å². The van der Waals surface area contributed by atoms with Crippen LogP contribution in [-0.4, -0.2) is 54.3 Å². The van der Waals surface area contributed by atoms with E-state index in [4.69, 9.17) is 5.11 Å². The molecule has 0 spiro atoms. The fraction of sp³-hybridized carbons (Fsp3) is 0.583. The minimum Gasteiger partial charge on any atom is -0.481 e. The Bertz CT molecular complexity index is 437. The molecule has 1 saturated heterocycles. The van der Waals surface area contributed by atoms with Crippen molar-refractivity contribution in [3.63, 3.8) is 0 Å². The Morgan fingerprint density at radius 2 is 1.95 bits per heavy atom. The molecule has 0 amide bonds. The lowest BCUT2D eigenvalue weighted by molar-refractivity contribution is -0.142.